The average Bonchev–Trinajstić information content (AvgIpc) is 2.43. The van der Waals surface area contributed by atoms with Gasteiger partial charge >= 0.3 is 6.03 Å². The lowest BCUT2D eigenvalue weighted by atomic mass is 10.1. The van der Waals surface area contributed by atoms with E-state index in [-0.39, 0.29) is 11.6 Å². The number of nitrogens with one attached hydrogen (secondary N) is 3. The Hall–Kier alpha value is -2.31. The van der Waals surface area contributed by atoms with E-state index < -0.39 is 17.9 Å². The van der Waals surface area contributed by atoms with Crippen molar-refractivity contribution in [1.29, 1.82) is 0 Å². The number of rotatable bonds is 3. The number of carbonyl (C=O) groups excluding carboxylic acids is 2. The summed E-state index contributed by atoms with van der Waals surface area (Å²) in [6.07, 6.45) is 1.37. The normalized spacial score (nSPS) is 18.1. The number of anilines is 1. The van der Waals surface area contributed by atoms with E-state index in [0.29, 0.717) is 18.7 Å². The van der Waals surface area contributed by atoms with Crippen molar-refractivity contribution >= 4 is 17.6 Å². The van der Waals surface area contributed by atoms with E-state index >= 15 is 0 Å². The van der Waals surface area contributed by atoms with Gasteiger partial charge in [-0.25, -0.2) is 9.18 Å². The predicted molar refractivity (Wildman–Crippen MR) is 71.1 cm³/mol. The highest BCUT2D eigenvalue weighted by molar-refractivity contribution is 5.94. The molecule has 3 N–H and O–H groups in total. The molecule has 1 saturated heterocycles. The standard InChI is InChI=1S/C13H16FN3O3/c1-20-8-4-5-10(9(14)7-8)16-13(19)17-11-3-2-6-15-12(11)18/h4-5,7,11H,2-3,6H2,1H3,(H,15,18)(H2,16,17,19). The van der Waals surface area contributed by atoms with Crippen LogP contribution in [0.3, 0.4) is 0 Å². The zero-order valence-electron chi connectivity index (χ0n) is 11.0. The summed E-state index contributed by atoms with van der Waals surface area (Å²) in [4.78, 5) is 23.2. The van der Waals surface area contributed by atoms with E-state index in [9.17, 15) is 14.0 Å². The smallest absolute Gasteiger partial charge is 0.319 e. The Morgan fingerprint density at radius 3 is 2.95 bits per heavy atom. The molecule has 7 heteroatoms. The van der Waals surface area contributed by atoms with Crippen molar-refractivity contribution in [2.75, 3.05) is 19.0 Å². The largest absolute Gasteiger partial charge is 0.497 e. The van der Waals surface area contributed by atoms with Crippen molar-refractivity contribution in [3.05, 3.63) is 24.0 Å². The highest BCUT2D eigenvalue weighted by atomic mass is 19.1. The zero-order chi connectivity index (χ0) is 14.5. The van der Waals surface area contributed by atoms with Crippen LogP contribution < -0.4 is 20.7 Å². The third kappa shape index (κ3) is 3.37. The quantitative estimate of drug-likeness (QED) is 0.779. The fraction of sp³-hybridized carbons (Fsp3) is 0.385. The molecule has 1 aromatic rings. The first-order valence-electron chi connectivity index (χ1n) is 6.29. The van der Waals surface area contributed by atoms with Gasteiger partial charge in [0.25, 0.3) is 0 Å². The summed E-state index contributed by atoms with van der Waals surface area (Å²) in [6.45, 7) is 0.617. The van der Waals surface area contributed by atoms with Gasteiger partial charge in [-0.2, -0.15) is 0 Å². The maximum absolute atomic E-state index is 13.7. The Morgan fingerprint density at radius 1 is 1.50 bits per heavy atom. The van der Waals surface area contributed by atoms with E-state index in [1.807, 2.05) is 0 Å². The number of amides is 3. The lowest BCUT2D eigenvalue weighted by Gasteiger charge is -2.22. The molecule has 1 unspecified atom stereocenters. The van der Waals surface area contributed by atoms with E-state index in [1.165, 1.54) is 25.3 Å². The Kier molecular flexibility index (Phi) is 4.39. The molecular weight excluding hydrogens is 265 g/mol. The minimum atomic E-state index is -0.615. The average molecular weight is 281 g/mol. The molecule has 1 heterocycles. The number of halogens is 1. The summed E-state index contributed by atoms with van der Waals surface area (Å²) in [5.74, 6) is -0.464. The van der Waals surface area contributed by atoms with E-state index in [4.69, 9.17) is 4.74 Å². The molecule has 1 aliphatic rings. The Balaban J connectivity index is 1.95. The number of hydrogen-bond acceptors (Lipinski definition) is 3. The first kappa shape index (κ1) is 14.1. The molecule has 108 valence electrons. The first-order valence-corrected chi connectivity index (χ1v) is 6.29. The van der Waals surface area contributed by atoms with Crippen molar-refractivity contribution in [3.63, 3.8) is 0 Å². The van der Waals surface area contributed by atoms with Gasteiger partial charge in [0.05, 0.1) is 12.8 Å². The van der Waals surface area contributed by atoms with Crippen LogP contribution in [0.25, 0.3) is 0 Å². The lowest BCUT2D eigenvalue weighted by Crippen LogP contribution is -2.51. The molecule has 1 fully saturated rings. The Labute approximate surface area is 115 Å². The second kappa shape index (κ2) is 6.23. The van der Waals surface area contributed by atoms with Crippen LogP contribution in [0.5, 0.6) is 5.75 Å². The van der Waals surface area contributed by atoms with Gasteiger partial charge < -0.3 is 20.7 Å². The molecule has 1 atom stereocenters. The number of hydrogen-bond donors (Lipinski definition) is 3. The molecule has 3 amide bonds. The van der Waals surface area contributed by atoms with Crippen LogP contribution in [0, 0.1) is 5.82 Å². The van der Waals surface area contributed by atoms with Crippen LogP contribution in [0.1, 0.15) is 12.8 Å². The molecule has 0 spiro atoms. The van der Waals surface area contributed by atoms with Gasteiger partial charge in [-0.15, -0.1) is 0 Å². The number of piperidine rings is 1. The maximum Gasteiger partial charge on any atom is 0.319 e. The SMILES string of the molecule is COc1ccc(NC(=O)NC2CCCNC2=O)c(F)c1. The number of methoxy groups -OCH3 is 1. The third-order valence-electron chi connectivity index (χ3n) is 3.02. The van der Waals surface area contributed by atoms with Crippen LogP contribution in [-0.4, -0.2) is 31.6 Å². The molecule has 0 saturated carbocycles. The van der Waals surface area contributed by atoms with Gasteiger partial charge in [0.2, 0.25) is 5.91 Å². The number of urea groups is 1. The minimum Gasteiger partial charge on any atom is -0.497 e. The summed E-state index contributed by atoms with van der Waals surface area (Å²) in [7, 11) is 1.43. The second-order valence-electron chi connectivity index (χ2n) is 4.43. The summed E-state index contributed by atoms with van der Waals surface area (Å²) in [5, 5.41) is 7.54. The van der Waals surface area contributed by atoms with Gasteiger partial charge in [0, 0.05) is 12.6 Å². The van der Waals surface area contributed by atoms with Crippen LogP contribution in [-0.2, 0) is 4.79 Å². The highest BCUT2D eigenvalue weighted by Gasteiger charge is 2.23. The van der Waals surface area contributed by atoms with E-state index in [1.54, 1.807) is 0 Å². The van der Waals surface area contributed by atoms with Crippen molar-refractivity contribution in [3.8, 4) is 5.75 Å². The lowest BCUT2D eigenvalue weighted by molar-refractivity contribution is -0.124. The number of carbonyl (C=O) groups is 2. The van der Waals surface area contributed by atoms with Crippen LogP contribution in [0.2, 0.25) is 0 Å². The minimum absolute atomic E-state index is 0.0273. The fourth-order valence-electron chi connectivity index (χ4n) is 1.95. The highest BCUT2D eigenvalue weighted by Crippen LogP contribution is 2.20. The summed E-state index contributed by atoms with van der Waals surface area (Å²) in [5.41, 5.74) is 0.0273. The molecule has 0 bridgehead atoms. The van der Waals surface area contributed by atoms with E-state index in [0.717, 1.165) is 6.42 Å². The van der Waals surface area contributed by atoms with Crippen molar-refractivity contribution < 1.29 is 18.7 Å². The summed E-state index contributed by atoms with van der Waals surface area (Å²) in [6, 6.07) is 2.91. The van der Waals surface area contributed by atoms with Crippen LogP contribution in [0.15, 0.2) is 18.2 Å². The van der Waals surface area contributed by atoms with Crippen LogP contribution >= 0.6 is 0 Å². The van der Waals surface area contributed by atoms with Gasteiger partial charge in [-0.3, -0.25) is 4.79 Å². The molecular formula is C13H16FN3O3. The maximum atomic E-state index is 13.7. The topological polar surface area (TPSA) is 79.5 Å². The van der Waals surface area contributed by atoms with Gasteiger partial charge in [0.15, 0.2) is 0 Å². The number of ether oxygens (including phenoxy) is 1. The second-order valence-corrected chi connectivity index (χ2v) is 4.43. The molecule has 2 rings (SSSR count). The van der Waals surface area contributed by atoms with Gasteiger partial charge in [-0.05, 0) is 25.0 Å². The number of benzene rings is 1. The molecule has 0 aromatic heterocycles. The van der Waals surface area contributed by atoms with Crippen LogP contribution in [0.4, 0.5) is 14.9 Å². The molecule has 6 nitrogen and oxygen atoms in total. The first-order chi connectivity index (χ1) is 9.60. The van der Waals surface area contributed by atoms with Crippen molar-refractivity contribution in [2.45, 2.75) is 18.9 Å². The summed E-state index contributed by atoms with van der Waals surface area (Å²) >= 11 is 0. The molecule has 20 heavy (non-hydrogen) atoms. The zero-order valence-corrected chi connectivity index (χ0v) is 11.0. The predicted octanol–water partition coefficient (Wildman–Crippen LogP) is 1.23. The van der Waals surface area contributed by atoms with Crippen molar-refractivity contribution in [1.82, 2.24) is 10.6 Å². The van der Waals surface area contributed by atoms with Gasteiger partial charge in [0.1, 0.15) is 17.6 Å². The molecule has 0 aliphatic carbocycles. The monoisotopic (exact) mass is 281 g/mol. The van der Waals surface area contributed by atoms with E-state index in [2.05, 4.69) is 16.0 Å². The van der Waals surface area contributed by atoms with Crippen molar-refractivity contribution in [2.24, 2.45) is 0 Å². The Bertz CT molecular complexity index is 522. The van der Waals surface area contributed by atoms with Gasteiger partial charge in [-0.1, -0.05) is 0 Å². The molecule has 0 radical (unpaired) electrons. The third-order valence-corrected chi connectivity index (χ3v) is 3.02. The Morgan fingerprint density at radius 2 is 2.30 bits per heavy atom. The molecule has 1 aliphatic heterocycles. The fourth-order valence-corrected chi connectivity index (χ4v) is 1.95. The summed E-state index contributed by atoms with van der Waals surface area (Å²) < 4.78 is 18.5. The molecule has 1 aromatic carbocycles.